The molecule has 1 saturated heterocycles. The van der Waals surface area contributed by atoms with E-state index in [1.54, 1.807) is 7.11 Å². The highest BCUT2D eigenvalue weighted by Crippen LogP contribution is 2.39. The van der Waals surface area contributed by atoms with Crippen molar-refractivity contribution in [3.8, 4) is 5.75 Å². The Morgan fingerprint density at radius 1 is 1.24 bits per heavy atom. The Balaban J connectivity index is 2.03. The molecule has 2 heterocycles. The van der Waals surface area contributed by atoms with E-state index in [-0.39, 0.29) is 0 Å². The van der Waals surface area contributed by atoms with Gasteiger partial charge in [-0.1, -0.05) is 0 Å². The average Bonchev–Trinajstić information content (AvgIpc) is 2.91. The van der Waals surface area contributed by atoms with E-state index in [1.165, 1.54) is 5.69 Å². The summed E-state index contributed by atoms with van der Waals surface area (Å²) in [6.07, 6.45) is 2.33. The molecule has 1 aromatic carbocycles. The predicted molar refractivity (Wildman–Crippen MR) is 86.6 cm³/mol. The molecular formula is C17H24N2O2. The zero-order valence-electron chi connectivity index (χ0n) is 13.3. The fraction of sp³-hybridized carbons (Fsp3) is 0.529. The lowest BCUT2D eigenvalue weighted by Crippen LogP contribution is -2.29. The zero-order valence-corrected chi connectivity index (χ0v) is 13.3. The first kappa shape index (κ1) is 14.3. The summed E-state index contributed by atoms with van der Waals surface area (Å²) in [5, 5.41) is 1.15. The van der Waals surface area contributed by atoms with Crippen LogP contribution in [0.5, 0.6) is 5.75 Å². The third-order valence-corrected chi connectivity index (χ3v) is 4.47. The van der Waals surface area contributed by atoms with Gasteiger partial charge in [-0.15, -0.1) is 0 Å². The molecule has 0 radical (unpaired) electrons. The molecule has 0 aliphatic carbocycles. The maximum Gasteiger partial charge on any atom is 0.178 e. The van der Waals surface area contributed by atoms with Crippen LogP contribution in [0.4, 0.5) is 5.69 Å². The lowest BCUT2D eigenvalue weighted by atomic mass is 9.94. The van der Waals surface area contributed by atoms with Gasteiger partial charge in [-0.2, -0.15) is 0 Å². The number of ether oxygens (including phenoxy) is 1. The summed E-state index contributed by atoms with van der Waals surface area (Å²) in [5.41, 5.74) is 2.05. The van der Waals surface area contributed by atoms with E-state index < -0.39 is 0 Å². The van der Waals surface area contributed by atoms with Gasteiger partial charge in [-0.25, -0.2) is 0 Å². The first-order chi connectivity index (χ1) is 10.1. The number of rotatable bonds is 3. The molecular weight excluding hydrogens is 264 g/mol. The summed E-state index contributed by atoms with van der Waals surface area (Å²) in [5.74, 6) is 2.44. The molecule has 1 fully saturated rings. The topological polar surface area (TPSA) is 28.9 Å². The van der Waals surface area contributed by atoms with Crippen molar-refractivity contribution >= 4 is 16.7 Å². The van der Waals surface area contributed by atoms with Crippen LogP contribution in [0.1, 0.15) is 24.5 Å². The molecule has 0 spiro atoms. The van der Waals surface area contributed by atoms with Gasteiger partial charge >= 0.3 is 0 Å². The number of hydrogen-bond donors (Lipinski definition) is 0. The van der Waals surface area contributed by atoms with E-state index in [2.05, 4.69) is 43.1 Å². The van der Waals surface area contributed by atoms with Gasteiger partial charge in [0.1, 0.15) is 5.76 Å². The van der Waals surface area contributed by atoms with Crippen LogP contribution in [0.2, 0.25) is 0 Å². The molecule has 0 atom stereocenters. The Labute approximate surface area is 126 Å². The number of likely N-dealkylation sites (tertiary alicyclic amines) is 1. The molecule has 4 nitrogen and oxygen atoms in total. The summed E-state index contributed by atoms with van der Waals surface area (Å²) in [6.45, 7) is 2.28. The van der Waals surface area contributed by atoms with E-state index in [4.69, 9.17) is 9.15 Å². The fourth-order valence-electron chi connectivity index (χ4n) is 3.15. The zero-order chi connectivity index (χ0) is 15.0. The van der Waals surface area contributed by atoms with Gasteiger partial charge in [-0.3, -0.25) is 0 Å². The van der Waals surface area contributed by atoms with Crippen molar-refractivity contribution in [2.24, 2.45) is 0 Å². The maximum absolute atomic E-state index is 6.19. The summed E-state index contributed by atoms with van der Waals surface area (Å²) < 4.78 is 11.6. The standard InChI is InChI=1S/C17H24N2O2/c1-18(2)14-5-6-15(20-4)17-13(14)11-16(21-17)12-7-9-19(3)10-8-12/h5-6,11-12H,7-10H2,1-4H3. The minimum absolute atomic E-state index is 0.522. The molecule has 21 heavy (non-hydrogen) atoms. The summed E-state index contributed by atoms with van der Waals surface area (Å²) in [4.78, 5) is 4.50. The average molecular weight is 288 g/mol. The Kier molecular flexibility index (Phi) is 3.81. The minimum atomic E-state index is 0.522. The van der Waals surface area contributed by atoms with Gasteiger partial charge < -0.3 is 19.0 Å². The molecule has 2 aromatic rings. The van der Waals surface area contributed by atoms with Crippen molar-refractivity contribution in [1.29, 1.82) is 0 Å². The van der Waals surface area contributed by atoms with E-state index in [0.717, 1.165) is 48.4 Å². The van der Waals surface area contributed by atoms with Gasteiger partial charge in [0.05, 0.1) is 7.11 Å². The molecule has 114 valence electrons. The van der Waals surface area contributed by atoms with E-state index >= 15 is 0 Å². The van der Waals surface area contributed by atoms with Gasteiger partial charge in [0, 0.05) is 31.1 Å². The van der Waals surface area contributed by atoms with Crippen LogP contribution in [-0.2, 0) is 0 Å². The molecule has 4 heteroatoms. The molecule has 1 aliphatic rings. The van der Waals surface area contributed by atoms with Crippen molar-refractivity contribution in [2.75, 3.05) is 46.2 Å². The van der Waals surface area contributed by atoms with E-state index in [0.29, 0.717) is 5.92 Å². The third-order valence-electron chi connectivity index (χ3n) is 4.47. The first-order valence-electron chi connectivity index (χ1n) is 7.56. The molecule has 0 saturated carbocycles. The quantitative estimate of drug-likeness (QED) is 0.866. The van der Waals surface area contributed by atoms with Gasteiger partial charge in [-0.05, 0) is 51.2 Å². The van der Waals surface area contributed by atoms with Crippen LogP contribution in [0.15, 0.2) is 22.6 Å². The van der Waals surface area contributed by atoms with Crippen LogP contribution in [-0.4, -0.2) is 46.2 Å². The summed E-state index contributed by atoms with van der Waals surface area (Å²) in [7, 11) is 8.00. The second-order valence-corrected chi connectivity index (χ2v) is 6.15. The molecule has 0 N–H and O–H groups in total. The van der Waals surface area contributed by atoms with Crippen LogP contribution >= 0.6 is 0 Å². The number of methoxy groups -OCH3 is 1. The van der Waals surface area contributed by atoms with Crippen molar-refractivity contribution < 1.29 is 9.15 Å². The third kappa shape index (κ3) is 2.60. The summed E-state index contributed by atoms with van der Waals surface area (Å²) >= 11 is 0. The second kappa shape index (κ2) is 5.60. The first-order valence-corrected chi connectivity index (χ1v) is 7.56. The Hall–Kier alpha value is -1.68. The van der Waals surface area contributed by atoms with Crippen LogP contribution in [0.25, 0.3) is 11.0 Å². The van der Waals surface area contributed by atoms with Crippen LogP contribution < -0.4 is 9.64 Å². The highest BCUT2D eigenvalue weighted by Gasteiger charge is 2.23. The number of furan rings is 1. The SMILES string of the molecule is COc1ccc(N(C)C)c2cc(C3CCN(C)CC3)oc12. The fourth-order valence-corrected chi connectivity index (χ4v) is 3.15. The normalized spacial score (nSPS) is 17.3. The molecule has 3 rings (SSSR count). The van der Waals surface area contributed by atoms with E-state index in [1.807, 2.05) is 6.07 Å². The van der Waals surface area contributed by atoms with Gasteiger partial charge in [0.2, 0.25) is 0 Å². The number of piperidine rings is 1. The van der Waals surface area contributed by atoms with Crippen molar-refractivity contribution in [1.82, 2.24) is 4.90 Å². The highest BCUT2D eigenvalue weighted by molar-refractivity contribution is 5.95. The van der Waals surface area contributed by atoms with Crippen molar-refractivity contribution in [3.63, 3.8) is 0 Å². The number of hydrogen-bond acceptors (Lipinski definition) is 4. The molecule has 1 aromatic heterocycles. The van der Waals surface area contributed by atoms with E-state index in [9.17, 15) is 0 Å². The second-order valence-electron chi connectivity index (χ2n) is 6.15. The molecule has 0 bridgehead atoms. The molecule has 0 unspecified atom stereocenters. The Morgan fingerprint density at radius 2 is 1.95 bits per heavy atom. The largest absolute Gasteiger partial charge is 0.493 e. The van der Waals surface area contributed by atoms with Crippen LogP contribution in [0, 0.1) is 0 Å². The summed E-state index contributed by atoms with van der Waals surface area (Å²) in [6, 6.07) is 6.29. The highest BCUT2D eigenvalue weighted by atomic mass is 16.5. The smallest absolute Gasteiger partial charge is 0.178 e. The number of benzene rings is 1. The van der Waals surface area contributed by atoms with Crippen molar-refractivity contribution in [2.45, 2.75) is 18.8 Å². The van der Waals surface area contributed by atoms with Gasteiger partial charge in [0.25, 0.3) is 0 Å². The van der Waals surface area contributed by atoms with Crippen molar-refractivity contribution in [3.05, 3.63) is 24.0 Å². The van der Waals surface area contributed by atoms with Crippen LogP contribution in [0.3, 0.4) is 0 Å². The predicted octanol–water partition coefficient (Wildman–Crippen LogP) is 3.32. The monoisotopic (exact) mass is 288 g/mol. The number of anilines is 1. The minimum Gasteiger partial charge on any atom is -0.493 e. The lowest BCUT2D eigenvalue weighted by Gasteiger charge is -2.27. The number of fused-ring (bicyclic) bond motifs is 1. The maximum atomic E-state index is 6.19. The molecule has 1 aliphatic heterocycles. The van der Waals surface area contributed by atoms with Gasteiger partial charge in [0.15, 0.2) is 11.3 Å². The number of nitrogens with zero attached hydrogens (tertiary/aromatic N) is 2. The lowest BCUT2D eigenvalue weighted by molar-refractivity contribution is 0.242. The Morgan fingerprint density at radius 3 is 2.57 bits per heavy atom. The molecule has 0 amide bonds. The Bertz CT molecular complexity index is 625.